The molecule has 0 aliphatic heterocycles. The molecule has 0 radical (unpaired) electrons. The van der Waals surface area contributed by atoms with E-state index in [-0.39, 0.29) is 17.6 Å². The summed E-state index contributed by atoms with van der Waals surface area (Å²) in [4.78, 5) is 12.5. The van der Waals surface area contributed by atoms with Gasteiger partial charge in [-0.2, -0.15) is 5.10 Å². The number of rotatable bonds is 6. The molecule has 4 heteroatoms. The summed E-state index contributed by atoms with van der Waals surface area (Å²) in [5, 5.41) is 16.1. The Morgan fingerprint density at radius 2 is 1.75 bits per heavy atom. The highest BCUT2D eigenvalue weighted by molar-refractivity contribution is 6.02. The molecule has 3 aromatic rings. The van der Waals surface area contributed by atoms with E-state index in [1.54, 1.807) is 6.07 Å². The summed E-state index contributed by atoms with van der Waals surface area (Å²) >= 11 is 0. The molecule has 0 aliphatic rings. The van der Waals surface area contributed by atoms with Gasteiger partial charge in [0.1, 0.15) is 5.75 Å². The fourth-order valence-corrected chi connectivity index (χ4v) is 3.24. The Bertz CT molecular complexity index is 991. The number of nitrogens with zero attached hydrogens (tertiary/aromatic N) is 1. The Balaban J connectivity index is 1.69. The summed E-state index contributed by atoms with van der Waals surface area (Å²) < 4.78 is 0. The number of phenolic OH excluding ortho intramolecular Hbond substituents is 1. The third-order valence-corrected chi connectivity index (χ3v) is 4.83. The predicted molar refractivity (Wildman–Crippen MR) is 115 cm³/mol. The fraction of sp³-hybridized carbons (Fsp3) is 0.250. The van der Waals surface area contributed by atoms with Crippen LogP contribution < -0.4 is 5.43 Å². The second kappa shape index (κ2) is 8.70. The standard InChI is InChI=1S/C24H26N2O2/c1-16(2)14-18-8-10-19(11-9-18)17(3)24(28)26-25-15-22-21-7-5-4-6-20(21)12-13-23(22)27/h4-13,15-17,27H,14H2,1-3H3,(H,26,28). The van der Waals surface area contributed by atoms with E-state index < -0.39 is 0 Å². The zero-order chi connectivity index (χ0) is 20.1. The van der Waals surface area contributed by atoms with Crippen molar-refractivity contribution >= 4 is 22.9 Å². The highest BCUT2D eigenvalue weighted by Crippen LogP contribution is 2.25. The van der Waals surface area contributed by atoms with Gasteiger partial charge >= 0.3 is 0 Å². The van der Waals surface area contributed by atoms with Gasteiger partial charge in [-0.3, -0.25) is 4.79 Å². The van der Waals surface area contributed by atoms with Crippen LogP contribution in [0.5, 0.6) is 5.75 Å². The van der Waals surface area contributed by atoms with Crippen LogP contribution in [0.25, 0.3) is 10.8 Å². The van der Waals surface area contributed by atoms with Gasteiger partial charge in [0.25, 0.3) is 0 Å². The van der Waals surface area contributed by atoms with E-state index in [0.29, 0.717) is 11.5 Å². The number of hydrogen-bond acceptors (Lipinski definition) is 3. The van der Waals surface area contributed by atoms with Crippen molar-refractivity contribution in [3.05, 3.63) is 77.4 Å². The van der Waals surface area contributed by atoms with Gasteiger partial charge in [-0.05, 0) is 47.2 Å². The molecule has 3 aromatic carbocycles. The fourth-order valence-electron chi connectivity index (χ4n) is 3.24. The quantitative estimate of drug-likeness (QED) is 0.471. The number of benzene rings is 3. The average molecular weight is 374 g/mol. The molecule has 2 N–H and O–H groups in total. The van der Waals surface area contributed by atoms with Crippen LogP contribution in [0.1, 0.15) is 43.4 Å². The minimum Gasteiger partial charge on any atom is -0.507 e. The summed E-state index contributed by atoms with van der Waals surface area (Å²) in [6, 6.07) is 19.4. The molecule has 144 valence electrons. The average Bonchev–Trinajstić information content (AvgIpc) is 2.69. The maximum Gasteiger partial charge on any atom is 0.247 e. The van der Waals surface area contributed by atoms with Gasteiger partial charge < -0.3 is 5.11 Å². The van der Waals surface area contributed by atoms with Gasteiger partial charge in [0.05, 0.1) is 12.1 Å². The van der Waals surface area contributed by atoms with E-state index in [1.807, 2.05) is 49.4 Å². The number of aromatic hydroxyl groups is 1. The highest BCUT2D eigenvalue weighted by atomic mass is 16.3. The van der Waals surface area contributed by atoms with Gasteiger partial charge in [-0.15, -0.1) is 0 Å². The van der Waals surface area contributed by atoms with Crippen LogP contribution in [-0.2, 0) is 11.2 Å². The third kappa shape index (κ3) is 4.58. The van der Waals surface area contributed by atoms with E-state index >= 15 is 0 Å². The molecule has 1 atom stereocenters. The molecule has 0 bridgehead atoms. The Morgan fingerprint density at radius 3 is 2.46 bits per heavy atom. The van der Waals surface area contributed by atoms with Crippen molar-refractivity contribution in [1.82, 2.24) is 5.43 Å². The van der Waals surface area contributed by atoms with Gasteiger partial charge in [0, 0.05) is 5.56 Å². The van der Waals surface area contributed by atoms with Crippen molar-refractivity contribution in [2.45, 2.75) is 33.1 Å². The first-order valence-electron chi connectivity index (χ1n) is 9.58. The zero-order valence-electron chi connectivity index (χ0n) is 16.5. The highest BCUT2D eigenvalue weighted by Gasteiger charge is 2.14. The van der Waals surface area contributed by atoms with Crippen LogP contribution in [0.4, 0.5) is 0 Å². The summed E-state index contributed by atoms with van der Waals surface area (Å²) in [5.41, 5.74) is 5.40. The predicted octanol–water partition coefficient (Wildman–Crippen LogP) is 5.00. The van der Waals surface area contributed by atoms with Crippen LogP contribution in [-0.4, -0.2) is 17.2 Å². The van der Waals surface area contributed by atoms with Crippen LogP contribution in [0.15, 0.2) is 65.8 Å². The Kier molecular flexibility index (Phi) is 6.09. The molecule has 3 rings (SSSR count). The maximum atomic E-state index is 12.5. The number of fused-ring (bicyclic) bond motifs is 1. The first kappa shape index (κ1) is 19.6. The van der Waals surface area contributed by atoms with Crippen LogP contribution in [0.2, 0.25) is 0 Å². The van der Waals surface area contributed by atoms with Crippen LogP contribution in [0, 0.1) is 5.92 Å². The lowest BCUT2D eigenvalue weighted by Gasteiger charge is -2.12. The normalized spacial score (nSPS) is 12.6. The lowest BCUT2D eigenvalue weighted by atomic mass is 9.96. The first-order valence-corrected chi connectivity index (χ1v) is 9.58. The number of hydrazone groups is 1. The van der Waals surface area contributed by atoms with Gasteiger partial charge in [-0.1, -0.05) is 68.4 Å². The van der Waals surface area contributed by atoms with Gasteiger partial charge in [0.15, 0.2) is 0 Å². The SMILES string of the molecule is CC(C)Cc1ccc(C(C)C(=O)NN=Cc2c(O)ccc3ccccc23)cc1. The number of nitrogens with one attached hydrogen (secondary N) is 1. The van der Waals surface area contributed by atoms with E-state index in [1.165, 1.54) is 11.8 Å². The van der Waals surface area contributed by atoms with Gasteiger partial charge in [0.2, 0.25) is 5.91 Å². The van der Waals surface area contributed by atoms with E-state index in [4.69, 9.17) is 0 Å². The number of carbonyl (C=O) groups excluding carboxylic acids is 1. The Labute approximate surface area is 165 Å². The monoisotopic (exact) mass is 374 g/mol. The third-order valence-electron chi connectivity index (χ3n) is 4.83. The second-order valence-corrected chi connectivity index (χ2v) is 7.51. The van der Waals surface area contributed by atoms with Crippen molar-refractivity contribution in [1.29, 1.82) is 0 Å². The van der Waals surface area contributed by atoms with E-state index in [0.717, 1.165) is 22.8 Å². The van der Waals surface area contributed by atoms with Crippen LogP contribution >= 0.6 is 0 Å². The molecule has 0 aliphatic carbocycles. The summed E-state index contributed by atoms with van der Waals surface area (Å²) in [7, 11) is 0. The lowest BCUT2D eigenvalue weighted by Crippen LogP contribution is -2.23. The second-order valence-electron chi connectivity index (χ2n) is 7.51. The molecular weight excluding hydrogens is 348 g/mol. The number of phenols is 1. The molecule has 28 heavy (non-hydrogen) atoms. The van der Waals surface area contributed by atoms with Crippen LogP contribution in [0.3, 0.4) is 0 Å². The maximum absolute atomic E-state index is 12.5. The van der Waals surface area contributed by atoms with Crippen molar-refractivity contribution in [2.75, 3.05) is 0 Å². The molecule has 4 nitrogen and oxygen atoms in total. The van der Waals surface area contributed by atoms with Crippen molar-refractivity contribution in [2.24, 2.45) is 11.0 Å². The van der Waals surface area contributed by atoms with E-state index in [9.17, 15) is 9.90 Å². The van der Waals surface area contributed by atoms with Crippen molar-refractivity contribution in [3.8, 4) is 5.75 Å². The largest absolute Gasteiger partial charge is 0.507 e. The summed E-state index contributed by atoms with van der Waals surface area (Å²) in [6.45, 7) is 6.24. The Hall–Kier alpha value is -3.14. The minimum atomic E-state index is -0.314. The van der Waals surface area contributed by atoms with Crippen molar-refractivity contribution < 1.29 is 9.90 Å². The smallest absolute Gasteiger partial charge is 0.247 e. The number of amides is 1. The summed E-state index contributed by atoms with van der Waals surface area (Å²) in [5.74, 6) is 0.232. The molecular formula is C24H26N2O2. The topological polar surface area (TPSA) is 61.7 Å². The molecule has 0 fully saturated rings. The van der Waals surface area contributed by atoms with E-state index in [2.05, 4.69) is 36.5 Å². The minimum absolute atomic E-state index is 0.130. The molecule has 1 amide bonds. The first-order chi connectivity index (χ1) is 13.5. The Morgan fingerprint density at radius 1 is 1.04 bits per heavy atom. The molecule has 0 saturated heterocycles. The lowest BCUT2D eigenvalue weighted by molar-refractivity contribution is -0.122. The number of carbonyl (C=O) groups is 1. The molecule has 0 aromatic heterocycles. The molecule has 0 spiro atoms. The molecule has 0 heterocycles. The van der Waals surface area contributed by atoms with Gasteiger partial charge in [-0.25, -0.2) is 5.43 Å². The molecule has 1 unspecified atom stereocenters. The summed E-state index contributed by atoms with van der Waals surface area (Å²) in [6.07, 6.45) is 2.52. The number of hydrogen-bond donors (Lipinski definition) is 2. The van der Waals surface area contributed by atoms with Crippen molar-refractivity contribution in [3.63, 3.8) is 0 Å². The zero-order valence-corrected chi connectivity index (χ0v) is 16.5. The molecule has 0 saturated carbocycles.